The third kappa shape index (κ3) is 6.49. The van der Waals surface area contributed by atoms with Crippen LogP contribution < -0.4 is 4.74 Å². The van der Waals surface area contributed by atoms with Crippen molar-refractivity contribution in [3.63, 3.8) is 0 Å². The van der Waals surface area contributed by atoms with Gasteiger partial charge in [-0.2, -0.15) is 5.10 Å². The largest absolute Gasteiger partial charge is 0.471 e. The monoisotopic (exact) mass is 529 g/mol. The molecule has 1 fully saturated rings. The highest BCUT2D eigenvalue weighted by Gasteiger charge is 2.23. The van der Waals surface area contributed by atoms with Crippen LogP contribution in [0.4, 0.5) is 0 Å². The SMILES string of the molecule is CC(C)(C)c1nc(CN2CCCN(C(=O)c3ccn(COc4ccc(-c5ccccc5)cc4)n3)CC2)cs1. The Morgan fingerprint density at radius 2 is 1.71 bits per heavy atom. The molecule has 0 N–H and O–H groups in total. The van der Waals surface area contributed by atoms with Crippen molar-refractivity contribution < 1.29 is 9.53 Å². The van der Waals surface area contributed by atoms with Crippen LogP contribution in [0.2, 0.25) is 0 Å². The molecule has 1 saturated heterocycles. The third-order valence-electron chi connectivity index (χ3n) is 6.64. The van der Waals surface area contributed by atoms with Gasteiger partial charge in [0.1, 0.15) is 5.75 Å². The molecule has 5 rings (SSSR count). The molecule has 1 aliphatic rings. The fourth-order valence-electron chi connectivity index (χ4n) is 4.51. The molecular formula is C30H35N5O2S. The molecule has 7 nitrogen and oxygen atoms in total. The summed E-state index contributed by atoms with van der Waals surface area (Å²) in [5.41, 5.74) is 3.96. The number of carbonyl (C=O) groups excluding carboxylic acids is 1. The summed E-state index contributed by atoms with van der Waals surface area (Å²) in [5.74, 6) is 0.733. The second kappa shape index (κ2) is 11.5. The molecule has 198 valence electrons. The Morgan fingerprint density at radius 1 is 0.947 bits per heavy atom. The molecule has 3 heterocycles. The molecule has 8 heteroatoms. The maximum Gasteiger partial charge on any atom is 0.274 e. The van der Waals surface area contributed by atoms with Crippen LogP contribution in [0.1, 0.15) is 48.4 Å². The van der Waals surface area contributed by atoms with Gasteiger partial charge in [-0.1, -0.05) is 63.2 Å². The van der Waals surface area contributed by atoms with Crippen molar-refractivity contribution in [3.8, 4) is 16.9 Å². The minimum absolute atomic E-state index is 0.0264. The fraction of sp³-hybridized carbons (Fsp3) is 0.367. The van der Waals surface area contributed by atoms with Crippen molar-refractivity contribution in [3.05, 3.63) is 88.6 Å². The number of hydrogen-bond donors (Lipinski definition) is 0. The first-order chi connectivity index (χ1) is 18.3. The first-order valence-corrected chi connectivity index (χ1v) is 14.0. The average Bonchev–Trinajstić information content (AvgIpc) is 3.54. The quantitative estimate of drug-likeness (QED) is 0.308. The number of rotatable bonds is 7. The maximum atomic E-state index is 13.2. The maximum absolute atomic E-state index is 13.2. The number of thiazole rings is 1. The molecule has 1 aliphatic heterocycles. The van der Waals surface area contributed by atoms with E-state index in [9.17, 15) is 4.79 Å². The van der Waals surface area contributed by atoms with E-state index in [0.717, 1.165) is 49.6 Å². The Labute approximate surface area is 228 Å². The van der Waals surface area contributed by atoms with E-state index in [1.54, 1.807) is 28.3 Å². The molecule has 1 amide bonds. The molecule has 2 aromatic heterocycles. The van der Waals surface area contributed by atoms with E-state index in [4.69, 9.17) is 9.72 Å². The van der Waals surface area contributed by atoms with E-state index in [2.05, 4.69) is 48.3 Å². The van der Waals surface area contributed by atoms with Gasteiger partial charge in [-0.15, -0.1) is 11.3 Å². The van der Waals surface area contributed by atoms with Gasteiger partial charge in [-0.25, -0.2) is 9.67 Å². The third-order valence-corrected chi connectivity index (χ3v) is 7.96. The topological polar surface area (TPSA) is 63.5 Å². The van der Waals surface area contributed by atoms with Crippen molar-refractivity contribution in [2.45, 2.75) is 45.9 Å². The smallest absolute Gasteiger partial charge is 0.274 e. The summed E-state index contributed by atoms with van der Waals surface area (Å²) in [6.45, 7) is 10.9. The molecule has 4 aromatic rings. The first kappa shape index (κ1) is 26.1. The average molecular weight is 530 g/mol. The van der Waals surface area contributed by atoms with Crippen LogP contribution in [0.3, 0.4) is 0 Å². The van der Waals surface area contributed by atoms with Gasteiger partial charge in [0.15, 0.2) is 12.4 Å². The molecule has 0 saturated carbocycles. The summed E-state index contributed by atoms with van der Waals surface area (Å²) < 4.78 is 7.56. The molecule has 0 radical (unpaired) electrons. The van der Waals surface area contributed by atoms with Gasteiger partial charge in [-0.05, 0) is 35.7 Å². The summed E-state index contributed by atoms with van der Waals surface area (Å²) in [6.07, 6.45) is 2.73. The highest BCUT2D eigenvalue weighted by molar-refractivity contribution is 7.09. The predicted octanol–water partition coefficient (Wildman–Crippen LogP) is 5.69. The molecule has 0 unspecified atom stereocenters. The molecule has 0 aliphatic carbocycles. The van der Waals surface area contributed by atoms with Crippen molar-refractivity contribution in [2.24, 2.45) is 0 Å². The van der Waals surface area contributed by atoms with E-state index in [1.165, 1.54) is 10.6 Å². The van der Waals surface area contributed by atoms with E-state index in [1.807, 2.05) is 47.4 Å². The first-order valence-electron chi connectivity index (χ1n) is 13.1. The summed E-state index contributed by atoms with van der Waals surface area (Å²) in [6, 6.07) is 20.0. The van der Waals surface area contributed by atoms with Crippen molar-refractivity contribution in [1.82, 2.24) is 24.6 Å². The molecule has 38 heavy (non-hydrogen) atoms. The van der Waals surface area contributed by atoms with Gasteiger partial charge in [-0.3, -0.25) is 9.69 Å². The Morgan fingerprint density at radius 3 is 2.45 bits per heavy atom. The number of benzene rings is 2. The summed E-state index contributed by atoms with van der Waals surface area (Å²) >= 11 is 1.73. The van der Waals surface area contributed by atoms with Crippen LogP contribution in [-0.4, -0.2) is 56.7 Å². The molecular weight excluding hydrogens is 494 g/mol. The van der Waals surface area contributed by atoms with Gasteiger partial charge in [0, 0.05) is 49.7 Å². The molecule has 2 aromatic carbocycles. The minimum Gasteiger partial charge on any atom is -0.471 e. The van der Waals surface area contributed by atoms with Gasteiger partial charge in [0.05, 0.1) is 10.7 Å². The normalized spacial score (nSPS) is 14.9. The van der Waals surface area contributed by atoms with Gasteiger partial charge in [0.25, 0.3) is 5.91 Å². The zero-order chi connectivity index (χ0) is 26.5. The second-order valence-electron chi connectivity index (χ2n) is 10.7. The number of carbonyl (C=O) groups is 1. The second-order valence-corrected chi connectivity index (χ2v) is 11.6. The lowest BCUT2D eigenvalue weighted by Gasteiger charge is -2.21. The minimum atomic E-state index is -0.0264. The zero-order valence-electron chi connectivity index (χ0n) is 22.3. The Balaban J connectivity index is 1.12. The van der Waals surface area contributed by atoms with E-state index in [0.29, 0.717) is 12.2 Å². The summed E-state index contributed by atoms with van der Waals surface area (Å²) in [5, 5.41) is 7.82. The highest BCUT2D eigenvalue weighted by atomic mass is 32.1. The van der Waals surface area contributed by atoms with E-state index >= 15 is 0 Å². The number of amides is 1. The molecule has 0 spiro atoms. The van der Waals surface area contributed by atoms with E-state index < -0.39 is 0 Å². The highest BCUT2D eigenvalue weighted by Crippen LogP contribution is 2.26. The lowest BCUT2D eigenvalue weighted by molar-refractivity contribution is 0.0753. The number of ether oxygens (including phenoxy) is 1. The van der Waals surface area contributed by atoms with Crippen LogP contribution in [-0.2, 0) is 18.7 Å². The van der Waals surface area contributed by atoms with E-state index in [-0.39, 0.29) is 18.1 Å². The van der Waals surface area contributed by atoms with Gasteiger partial charge in [0.2, 0.25) is 0 Å². The number of aromatic nitrogens is 3. The van der Waals surface area contributed by atoms with Crippen LogP contribution in [0, 0.1) is 0 Å². The molecule has 0 atom stereocenters. The summed E-state index contributed by atoms with van der Waals surface area (Å²) in [4.78, 5) is 22.3. The lowest BCUT2D eigenvalue weighted by Crippen LogP contribution is -2.35. The van der Waals surface area contributed by atoms with Gasteiger partial charge >= 0.3 is 0 Å². The van der Waals surface area contributed by atoms with Crippen molar-refractivity contribution in [2.75, 3.05) is 26.2 Å². The van der Waals surface area contributed by atoms with Crippen LogP contribution in [0.15, 0.2) is 72.2 Å². The van der Waals surface area contributed by atoms with Gasteiger partial charge < -0.3 is 9.64 Å². The zero-order valence-corrected chi connectivity index (χ0v) is 23.2. The van der Waals surface area contributed by atoms with Crippen LogP contribution in [0.25, 0.3) is 11.1 Å². The molecule has 0 bridgehead atoms. The van der Waals surface area contributed by atoms with Crippen molar-refractivity contribution in [1.29, 1.82) is 0 Å². The number of nitrogens with zero attached hydrogens (tertiary/aromatic N) is 5. The predicted molar refractivity (Wildman–Crippen MR) is 151 cm³/mol. The number of hydrogen-bond acceptors (Lipinski definition) is 6. The summed E-state index contributed by atoms with van der Waals surface area (Å²) in [7, 11) is 0. The standard InChI is InChI=1S/C30H35N5O2S/c1-30(2,3)29-31-25(21-38-29)20-33-15-7-16-34(19-18-33)28(36)27-14-17-35(32-27)22-37-26-12-10-24(11-13-26)23-8-5-4-6-9-23/h4-6,8-14,17,21H,7,15-16,18-20,22H2,1-3H3. The van der Waals surface area contributed by atoms with Crippen LogP contribution >= 0.6 is 11.3 Å². The van der Waals surface area contributed by atoms with Crippen LogP contribution in [0.5, 0.6) is 5.75 Å². The lowest BCUT2D eigenvalue weighted by atomic mass is 9.98. The Hall–Kier alpha value is -3.49. The fourth-order valence-corrected chi connectivity index (χ4v) is 5.41. The van der Waals surface area contributed by atoms with Crippen molar-refractivity contribution >= 4 is 17.2 Å². The Kier molecular flexibility index (Phi) is 7.90. The Bertz CT molecular complexity index is 1340.